The predicted octanol–water partition coefficient (Wildman–Crippen LogP) is 2.62. The number of nitrogens with zero attached hydrogens (tertiary/aromatic N) is 1. The molecule has 2 rings (SSSR count). The molecule has 1 aromatic heterocycles. The zero-order valence-corrected chi connectivity index (χ0v) is 12.9. The summed E-state index contributed by atoms with van der Waals surface area (Å²) in [7, 11) is 1.58. The Kier molecular flexibility index (Phi) is 4.86. The van der Waals surface area contributed by atoms with Crippen molar-refractivity contribution in [2.75, 3.05) is 13.1 Å². The van der Waals surface area contributed by atoms with Gasteiger partial charge in [-0.2, -0.15) is 0 Å². The van der Waals surface area contributed by atoms with Crippen LogP contribution in [0.1, 0.15) is 30.6 Å². The van der Waals surface area contributed by atoms with Crippen LogP contribution >= 0.6 is 22.0 Å². The van der Waals surface area contributed by atoms with Crippen molar-refractivity contribution in [1.29, 1.82) is 0 Å². The van der Waals surface area contributed by atoms with Crippen molar-refractivity contribution in [1.82, 2.24) is 4.90 Å². The molecule has 0 N–H and O–H groups in total. The number of rotatable bonds is 3. The summed E-state index contributed by atoms with van der Waals surface area (Å²) in [4.78, 5) is 14.7. The lowest BCUT2D eigenvalue weighted by Gasteiger charge is -2.19. The first-order valence-electron chi connectivity index (χ1n) is 6.28. The maximum atomic E-state index is 12.1. The number of hydrogen-bond donors (Lipinski definition) is 0. The van der Waals surface area contributed by atoms with Crippen LogP contribution in [0.2, 0.25) is 0 Å². The highest BCUT2D eigenvalue weighted by molar-refractivity contribution is 8.15. The van der Waals surface area contributed by atoms with E-state index in [-0.39, 0.29) is 16.5 Å². The number of halogens is 1. The van der Waals surface area contributed by atoms with Gasteiger partial charge in [0.2, 0.25) is 5.91 Å². The third-order valence-electron chi connectivity index (χ3n) is 3.16. The van der Waals surface area contributed by atoms with Crippen LogP contribution in [0.5, 0.6) is 0 Å². The molecule has 0 aliphatic carbocycles. The quantitative estimate of drug-likeness (QED) is 0.804. The minimum Gasteiger partial charge on any atom is -0.342 e. The summed E-state index contributed by atoms with van der Waals surface area (Å²) in [5.74, 6) is 0.0715. The minimum atomic E-state index is -3.68. The summed E-state index contributed by atoms with van der Waals surface area (Å²) in [6.07, 6.45) is 4.72. The molecule has 0 radical (unpaired) electrons. The summed E-state index contributed by atoms with van der Waals surface area (Å²) >= 11 is 1.07. The van der Waals surface area contributed by atoms with Crippen LogP contribution < -0.4 is 0 Å². The fraction of sp³-hybridized carbons (Fsp3) is 0.583. The molecule has 2 heterocycles. The summed E-state index contributed by atoms with van der Waals surface area (Å²) in [6, 6.07) is 3.12. The third-order valence-corrected chi connectivity index (χ3v) is 6.34. The number of hydrogen-bond acceptors (Lipinski definition) is 4. The van der Waals surface area contributed by atoms with Gasteiger partial charge in [-0.25, -0.2) is 8.42 Å². The van der Waals surface area contributed by atoms with Crippen molar-refractivity contribution in [3.63, 3.8) is 0 Å². The zero-order chi connectivity index (χ0) is 13.9. The maximum absolute atomic E-state index is 12.1. The van der Waals surface area contributed by atoms with Gasteiger partial charge >= 0.3 is 0 Å². The smallest absolute Gasteiger partial charge is 0.270 e. The van der Waals surface area contributed by atoms with Crippen molar-refractivity contribution in [3.05, 3.63) is 17.0 Å². The second-order valence-electron chi connectivity index (χ2n) is 4.63. The highest BCUT2D eigenvalue weighted by Gasteiger charge is 2.18. The van der Waals surface area contributed by atoms with Gasteiger partial charge in [-0.1, -0.05) is 12.8 Å². The fourth-order valence-corrected chi connectivity index (χ4v) is 4.28. The largest absolute Gasteiger partial charge is 0.342 e. The molecule has 0 bridgehead atoms. The standard InChI is InChI=1S/C12H16ClNO3S2/c13-19(16,17)12-6-5-10(18-12)9-11(15)14-7-3-1-2-4-8-14/h5-6H,1-4,7-9H2. The molecule has 1 amide bonds. The van der Waals surface area contributed by atoms with Gasteiger partial charge in [-0.3, -0.25) is 4.79 Å². The number of amides is 1. The van der Waals surface area contributed by atoms with Gasteiger partial charge < -0.3 is 4.90 Å². The van der Waals surface area contributed by atoms with Crippen molar-refractivity contribution in [2.24, 2.45) is 0 Å². The Bertz CT molecular complexity index is 545. The molecule has 1 saturated heterocycles. The number of thiophene rings is 1. The third kappa shape index (κ3) is 4.19. The summed E-state index contributed by atoms with van der Waals surface area (Å²) < 4.78 is 22.4. The van der Waals surface area contributed by atoms with E-state index in [1.807, 2.05) is 4.90 Å². The van der Waals surface area contributed by atoms with E-state index >= 15 is 0 Å². The van der Waals surface area contributed by atoms with Crippen molar-refractivity contribution < 1.29 is 13.2 Å². The first-order chi connectivity index (χ1) is 8.97. The Labute approximate surface area is 121 Å². The van der Waals surface area contributed by atoms with Gasteiger partial charge in [-0.15, -0.1) is 11.3 Å². The molecule has 0 atom stereocenters. The number of carbonyl (C=O) groups is 1. The molecule has 4 nitrogen and oxygen atoms in total. The average Bonchev–Trinajstić information content (AvgIpc) is 2.63. The molecule has 0 aromatic carbocycles. The van der Waals surface area contributed by atoms with E-state index in [0.29, 0.717) is 0 Å². The number of likely N-dealkylation sites (tertiary alicyclic amines) is 1. The molecule has 1 aliphatic rings. The van der Waals surface area contributed by atoms with Crippen LogP contribution in [-0.4, -0.2) is 32.3 Å². The van der Waals surface area contributed by atoms with E-state index in [1.165, 1.54) is 18.9 Å². The Morgan fingerprint density at radius 3 is 2.37 bits per heavy atom. The minimum absolute atomic E-state index is 0.0715. The summed E-state index contributed by atoms with van der Waals surface area (Å²) in [5, 5.41) is 0. The first kappa shape index (κ1) is 14.8. The molecule has 19 heavy (non-hydrogen) atoms. The van der Waals surface area contributed by atoms with Gasteiger partial charge in [0.05, 0.1) is 6.42 Å². The highest BCUT2D eigenvalue weighted by atomic mass is 35.7. The van der Waals surface area contributed by atoms with Gasteiger partial charge in [0.1, 0.15) is 4.21 Å². The molecule has 1 aliphatic heterocycles. The van der Waals surface area contributed by atoms with E-state index in [1.54, 1.807) is 6.07 Å². The van der Waals surface area contributed by atoms with E-state index < -0.39 is 9.05 Å². The lowest BCUT2D eigenvalue weighted by molar-refractivity contribution is -0.130. The average molecular weight is 322 g/mol. The molecule has 0 spiro atoms. The van der Waals surface area contributed by atoms with Gasteiger partial charge in [-0.05, 0) is 25.0 Å². The fourth-order valence-electron chi connectivity index (χ4n) is 2.17. The van der Waals surface area contributed by atoms with Crippen LogP contribution in [0.3, 0.4) is 0 Å². The Morgan fingerprint density at radius 2 is 1.84 bits per heavy atom. The Balaban J connectivity index is 2.00. The van der Waals surface area contributed by atoms with E-state index in [4.69, 9.17) is 10.7 Å². The van der Waals surface area contributed by atoms with Crippen molar-refractivity contribution in [3.8, 4) is 0 Å². The normalized spacial score (nSPS) is 17.2. The van der Waals surface area contributed by atoms with Crippen molar-refractivity contribution >= 4 is 37.0 Å². The van der Waals surface area contributed by atoms with Crippen LogP contribution in [0.4, 0.5) is 0 Å². The van der Waals surface area contributed by atoms with Crippen LogP contribution in [0.15, 0.2) is 16.3 Å². The van der Waals surface area contributed by atoms with E-state index in [9.17, 15) is 13.2 Å². The van der Waals surface area contributed by atoms with Gasteiger partial charge in [0.15, 0.2) is 0 Å². The molecular formula is C12H16ClNO3S2. The van der Waals surface area contributed by atoms with E-state index in [0.717, 1.165) is 42.1 Å². The Hall–Kier alpha value is -0.590. The second-order valence-corrected chi connectivity index (χ2v) is 8.59. The van der Waals surface area contributed by atoms with Gasteiger partial charge in [0, 0.05) is 28.6 Å². The van der Waals surface area contributed by atoms with Crippen LogP contribution in [-0.2, 0) is 20.3 Å². The molecule has 106 valence electrons. The molecule has 0 saturated carbocycles. The predicted molar refractivity (Wildman–Crippen MR) is 76.1 cm³/mol. The molecule has 0 unspecified atom stereocenters. The summed E-state index contributed by atoms with van der Waals surface area (Å²) in [5.41, 5.74) is 0. The lowest BCUT2D eigenvalue weighted by atomic mass is 10.2. The topological polar surface area (TPSA) is 54.5 Å². The van der Waals surface area contributed by atoms with Gasteiger partial charge in [0.25, 0.3) is 9.05 Å². The SMILES string of the molecule is O=C(Cc1ccc(S(=O)(=O)Cl)s1)N1CCCCCC1. The van der Waals surface area contributed by atoms with Crippen LogP contribution in [0.25, 0.3) is 0 Å². The molecule has 1 aromatic rings. The van der Waals surface area contributed by atoms with Crippen molar-refractivity contribution in [2.45, 2.75) is 36.3 Å². The Morgan fingerprint density at radius 1 is 1.21 bits per heavy atom. The maximum Gasteiger partial charge on any atom is 0.270 e. The first-order valence-corrected chi connectivity index (χ1v) is 9.40. The molecule has 1 fully saturated rings. The monoisotopic (exact) mass is 321 g/mol. The molecule has 7 heteroatoms. The molecular weight excluding hydrogens is 306 g/mol. The summed E-state index contributed by atoms with van der Waals surface area (Å²) in [6.45, 7) is 1.62. The lowest BCUT2D eigenvalue weighted by Crippen LogP contribution is -2.32. The number of carbonyl (C=O) groups excluding carboxylic acids is 1. The van der Waals surface area contributed by atoms with Crippen LogP contribution in [0, 0.1) is 0 Å². The zero-order valence-electron chi connectivity index (χ0n) is 10.5. The second kappa shape index (κ2) is 6.24. The highest BCUT2D eigenvalue weighted by Crippen LogP contribution is 2.25. The van der Waals surface area contributed by atoms with E-state index in [2.05, 4.69) is 0 Å².